The van der Waals surface area contributed by atoms with Crippen LogP contribution in [0.1, 0.15) is 0 Å². The van der Waals surface area contributed by atoms with Gasteiger partial charge in [0.1, 0.15) is 0 Å². The Hall–Kier alpha value is -3.82. The molecule has 0 spiro atoms. The van der Waals surface area contributed by atoms with Crippen molar-refractivity contribution in [2.24, 2.45) is 0 Å². The van der Waals surface area contributed by atoms with Gasteiger partial charge in [0.15, 0.2) is 11.5 Å². The number of benzene rings is 6. The summed E-state index contributed by atoms with van der Waals surface area (Å²) in [5.74, 6) is 1.71. The van der Waals surface area contributed by atoms with E-state index < -0.39 is 0 Å². The Morgan fingerprint density at radius 3 is 2.00 bits per heavy atom. The summed E-state index contributed by atoms with van der Waals surface area (Å²) < 4.78 is 7.58. The Morgan fingerprint density at radius 1 is 0.515 bits per heavy atom. The standard InChI is InChI=1S/C30H18BrNO/c31-26-17-25-19-9-2-1-8-18(19)23(16-24(25)20-10-3-4-11-21(20)26)22-12-7-14-28-30(22)33-29-15-6-5-13-27(29)32-28/h1-17,32H. The maximum Gasteiger partial charge on any atom is 0.158 e. The van der Waals surface area contributed by atoms with Crippen LogP contribution in [0.5, 0.6) is 11.5 Å². The number of anilines is 2. The quantitative estimate of drug-likeness (QED) is 0.233. The summed E-state index contributed by atoms with van der Waals surface area (Å²) >= 11 is 3.80. The number of hydrogen-bond donors (Lipinski definition) is 1. The van der Waals surface area contributed by atoms with Gasteiger partial charge < -0.3 is 10.1 Å². The maximum absolute atomic E-state index is 6.46. The summed E-state index contributed by atoms with van der Waals surface area (Å²) in [5, 5.41) is 10.9. The minimum absolute atomic E-state index is 0.844. The first kappa shape index (κ1) is 18.7. The summed E-state index contributed by atoms with van der Waals surface area (Å²) in [7, 11) is 0. The number of nitrogens with one attached hydrogen (secondary N) is 1. The Balaban J connectivity index is 1.58. The van der Waals surface area contributed by atoms with Gasteiger partial charge in [0.2, 0.25) is 0 Å². The van der Waals surface area contributed by atoms with Crippen molar-refractivity contribution in [3.8, 4) is 22.6 Å². The predicted octanol–water partition coefficient (Wildman–Crippen LogP) is 9.42. The molecule has 0 saturated carbocycles. The van der Waals surface area contributed by atoms with E-state index in [1.165, 1.54) is 37.9 Å². The van der Waals surface area contributed by atoms with E-state index in [1.807, 2.05) is 24.3 Å². The van der Waals surface area contributed by atoms with Crippen LogP contribution in [0, 0.1) is 0 Å². The average molecular weight is 488 g/mol. The third-order valence-electron chi connectivity index (χ3n) is 6.51. The summed E-state index contributed by atoms with van der Waals surface area (Å²) in [6.07, 6.45) is 0. The van der Waals surface area contributed by atoms with Gasteiger partial charge in [-0.05, 0) is 68.2 Å². The van der Waals surface area contributed by atoms with Gasteiger partial charge in [0, 0.05) is 10.0 Å². The van der Waals surface area contributed by atoms with E-state index in [0.29, 0.717) is 0 Å². The van der Waals surface area contributed by atoms with Gasteiger partial charge in [0.05, 0.1) is 11.4 Å². The molecule has 6 aromatic rings. The summed E-state index contributed by atoms with van der Waals surface area (Å²) in [5.41, 5.74) is 4.22. The monoisotopic (exact) mass is 487 g/mol. The number of fused-ring (bicyclic) bond motifs is 7. The average Bonchev–Trinajstić information content (AvgIpc) is 2.87. The number of halogens is 1. The molecule has 1 heterocycles. The van der Waals surface area contributed by atoms with Crippen molar-refractivity contribution in [1.82, 2.24) is 0 Å². The van der Waals surface area contributed by atoms with Gasteiger partial charge in [-0.15, -0.1) is 0 Å². The molecular weight excluding hydrogens is 470 g/mol. The molecule has 0 unspecified atom stereocenters. The molecule has 156 valence electrons. The van der Waals surface area contributed by atoms with Gasteiger partial charge in [-0.25, -0.2) is 0 Å². The number of para-hydroxylation sites is 3. The van der Waals surface area contributed by atoms with Crippen molar-refractivity contribution in [2.75, 3.05) is 5.32 Å². The minimum Gasteiger partial charge on any atom is -0.452 e. The normalized spacial score (nSPS) is 12.3. The SMILES string of the molecule is Brc1cc2c3ccccc3c(-c3cccc4c3Oc3ccccc3N4)cc2c2ccccc12. The second-order valence-electron chi connectivity index (χ2n) is 8.37. The van der Waals surface area contributed by atoms with Crippen LogP contribution >= 0.6 is 15.9 Å². The first-order chi connectivity index (χ1) is 16.3. The van der Waals surface area contributed by atoms with Crippen molar-refractivity contribution in [2.45, 2.75) is 0 Å². The molecule has 0 atom stereocenters. The number of rotatable bonds is 1. The topological polar surface area (TPSA) is 21.3 Å². The zero-order valence-electron chi connectivity index (χ0n) is 17.6. The van der Waals surface area contributed by atoms with Crippen LogP contribution in [0.2, 0.25) is 0 Å². The van der Waals surface area contributed by atoms with Crippen molar-refractivity contribution in [3.05, 3.63) is 108 Å². The van der Waals surface area contributed by atoms with Crippen molar-refractivity contribution < 1.29 is 4.74 Å². The van der Waals surface area contributed by atoms with Crippen LogP contribution < -0.4 is 10.1 Å². The lowest BCUT2D eigenvalue weighted by molar-refractivity contribution is 0.483. The molecular formula is C30H18BrNO. The fourth-order valence-electron chi connectivity index (χ4n) is 5.00. The molecule has 33 heavy (non-hydrogen) atoms. The van der Waals surface area contributed by atoms with Gasteiger partial charge in [-0.1, -0.05) is 88.7 Å². The minimum atomic E-state index is 0.844. The van der Waals surface area contributed by atoms with E-state index in [2.05, 4.69) is 100 Å². The van der Waals surface area contributed by atoms with Gasteiger partial charge in [-0.3, -0.25) is 0 Å². The lowest BCUT2D eigenvalue weighted by Crippen LogP contribution is -2.03. The van der Waals surface area contributed by atoms with E-state index in [1.54, 1.807) is 0 Å². The Bertz CT molecular complexity index is 1740. The largest absolute Gasteiger partial charge is 0.452 e. The summed E-state index contributed by atoms with van der Waals surface area (Å²) in [6.45, 7) is 0. The molecule has 0 amide bonds. The lowest BCUT2D eigenvalue weighted by Gasteiger charge is -2.24. The lowest BCUT2D eigenvalue weighted by atomic mass is 9.90. The highest BCUT2D eigenvalue weighted by molar-refractivity contribution is 9.10. The highest BCUT2D eigenvalue weighted by atomic mass is 79.9. The van der Waals surface area contributed by atoms with E-state index in [0.717, 1.165) is 32.9 Å². The van der Waals surface area contributed by atoms with Gasteiger partial charge in [-0.2, -0.15) is 0 Å². The molecule has 1 N–H and O–H groups in total. The molecule has 0 aromatic heterocycles. The Kier molecular flexibility index (Phi) is 4.02. The van der Waals surface area contributed by atoms with Crippen molar-refractivity contribution >= 4 is 59.6 Å². The van der Waals surface area contributed by atoms with E-state index in [4.69, 9.17) is 4.74 Å². The maximum atomic E-state index is 6.46. The molecule has 2 nitrogen and oxygen atoms in total. The van der Waals surface area contributed by atoms with Crippen molar-refractivity contribution in [1.29, 1.82) is 0 Å². The van der Waals surface area contributed by atoms with Crippen LogP contribution in [0.15, 0.2) is 108 Å². The highest BCUT2D eigenvalue weighted by Crippen LogP contribution is 2.49. The molecule has 1 aliphatic heterocycles. The van der Waals surface area contributed by atoms with Crippen LogP contribution in [0.25, 0.3) is 43.4 Å². The molecule has 0 aliphatic carbocycles. The molecule has 1 aliphatic rings. The second-order valence-corrected chi connectivity index (χ2v) is 9.23. The molecule has 0 fully saturated rings. The first-order valence-electron chi connectivity index (χ1n) is 11.0. The number of ether oxygens (including phenoxy) is 1. The highest BCUT2D eigenvalue weighted by Gasteiger charge is 2.22. The molecule has 0 saturated heterocycles. The summed E-state index contributed by atoms with van der Waals surface area (Å²) in [4.78, 5) is 0. The fourth-order valence-corrected chi connectivity index (χ4v) is 5.58. The predicted molar refractivity (Wildman–Crippen MR) is 142 cm³/mol. The Morgan fingerprint density at radius 2 is 1.15 bits per heavy atom. The molecule has 3 heteroatoms. The zero-order chi connectivity index (χ0) is 21.9. The molecule has 0 bridgehead atoms. The third kappa shape index (κ3) is 2.79. The smallest absolute Gasteiger partial charge is 0.158 e. The molecule has 7 rings (SSSR count). The van der Waals surface area contributed by atoms with Crippen LogP contribution in [-0.4, -0.2) is 0 Å². The molecule has 6 aromatic carbocycles. The van der Waals surface area contributed by atoms with Crippen molar-refractivity contribution in [3.63, 3.8) is 0 Å². The van der Waals surface area contributed by atoms with E-state index >= 15 is 0 Å². The Labute approximate surface area is 199 Å². The van der Waals surface area contributed by atoms with Crippen LogP contribution in [-0.2, 0) is 0 Å². The third-order valence-corrected chi connectivity index (χ3v) is 7.16. The first-order valence-corrected chi connectivity index (χ1v) is 11.8. The van der Waals surface area contributed by atoms with Crippen LogP contribution in [0.3, 0.4) is 0 Å². The van der Waals surface area contributed by atoms with Crippen LogP contribution in [0.4, 0.5) is 11.4 Å². The second kappa shape index (κ2) is 7.09. The van der Waals surface area contributed by atoms with E-state index in [-0.39, 0.29) is 0 Å². The summed E-state index contributed by atoms with van der Waals surface area (Å²) in [6, 6.07) is 36.2. The molecule has 0 radical (unpaired) electrons. The van der Waals surface area contributed by atoms with E-state index in [9.17, 15) is 0 Å². The fraction of sp³-hybridized carbons (Fsp3) is 0. The zero-order valence-corrected chi connectivity index (χ0v) is 19.2. The van der Waals surface area contributed by atoms with Gasteiger partial charge >= 0.3 is 0 Å². The van der Waals surface area contributed by atoms with Gasteiger partial charge in [0.25, 0.3) is 0 Å². The number of hydrogen-bond acceptors (Lipinski definition) is 2.